The van der Waals surface area contributed by atoms with Crippen LogP contribution in [0.15, 0.2) is 243 Å². The first-order valence-corrected chi connectivity index (χ1v) is 21.5. The Labute approximate surface area is 361 Å². The van der Waals surface area contributed by atoms with Crippen LogP contribution in [0.3, 0.4) is 0 Å². The van der Waals surface area contributed by atoms with E-state index in [-0.39, 0.29) is 0 Å². The summed E-state index contributed by atoms with van der Waals surface area (Å²) >= 11 is 0. The van der Waals surface area contributed by atoms with Gasteiger partial charge in [0.15, 0.2) is 0 Å². The second-order valence-corrected chi connectivity index (χ2v) is 16.2. The molecule has 0 aliphatic rings. The molecule has 0 spiro atoms. The Bertz CT molecular complexity index is 3370. The lowest BCUT2D eigenvalue weighted by Gasteiger charge is -2.29. The first-order chi connectivity index (χ1) is 30.8. The molecule has 0 fully saturated rings. The number of hydrogen-bond donors (Lipinski definition) is 0. The van der Waals surface area contributed by atoms with Gasteiger partial charge in [-0.1, -0.05) is 231 Å². The van der Waals surface area contributed by atoms with Crippen molar-refractivity contribution in [2.24, 2.45) is 0 Å². The Morgan fingerprint density at radius 2 is 0.371 bits per heavy atom. The molecule has 0 saturated carbocycles. The van der Waals surface area contributed by atoms with Gasteiger partial charge in [-0.15, -0.1) is 0 Å². The molecule has 0 radical (unpaired) electrons. The van der Waals surface area contributed by atoms with E-state index >= 15 is 0 Å². The summed E-state index contributed by atoms with van der Waals surface area (Å²) in [5.41, 5.74) is 14.6. The largest absolute Gasteiger partial charge is 0.0622 e. The molecule has 62 heavy (non-hydrogen) atoms. The highest BCUT2D eigenvalue weighted by molar-refractivity contribution is 6.40. The van der Waals surface area contributed by atoms with Crippen molar-refractivity contribution in [3.63, 3.8) is 0 Å². The maximum Gasteiger partial charge on any atom is -0.000115 e. The molecular formula is C62H40. The SMILES string of the molecule is c1ccc(-c2c3ccccc3c(-c3ccccc3)c3c(-c4ccccc4)c4c(-c5ccccc5)c5cc6ccccc6cc5c(-c5ccccc5)c4c(-c4ccccc4)c23)cc1. The predicted molar refractivity (Wildman–Crippen MR) is 267 cm³/mol. The van der Waals surface area contributed by atoms with Gasteiger partial charge < -0.3 is 0 Å². The number of benzene rings is 12. The Morgan fingerprint density at radius 3 is 0.645 bits per heavy atom. The monoisotopic (exact) mass is 784 g/mol. The summed E-state index contributed by atoms with van der Waals surface area (Å²) in [6, 6.07) is 89.7. The Balaban J connectivity index is 1.53. The second kappa shape index (κ2) is 14.9. The molecule has 0 aliphatic heterocycles. The molecule has 288 valence electrons. The maximum atomic E-state index is 2.45. The van der Waals surface area contributed by atoms with E-state index < -0.39 is 0 Å². The highest BCUT2D eigenvalue weighted by Gasteiger charge is 2.30. The zero-order valence-electron chi connectivity index (χ0n) is 34.1. The third-order valence-electron chi connectivity index (χ3n) is 12.8. The van der Waals surface area contributed by atoms with Crippen molar-refractivity contribution >= 4 is 53.9 Å². The van der Waals surface area contributed by atoms with E-state index in [1.807, 2.05) is 0 Å². The Morgan fingerprint density at radius 1 is 0.161 bits per heavy atom. The highest BCUT2D eigenvalue weighted by atomic mass is 14.3. The summed E-state index contributed by atoms with van der Waals surface area (Å²) in [6.45, 7) is 0. The minimum Gasteiger partial charge on any atom is -0.0622 e. The molecule has 12 aromatic carbocycles. The smallest absolute Gasteiger partial charge is 0.000115 e. The molecule has 0 heteroatoms. The summed E-state index contributed by atoms with van der Waals surface area (Å²) in [5.74, 6) is 0. The molecule has 0 saturated heterocycles. The highest BCUT2D eigenvalue weighted by Crippen LogP contribution is 2.58. The fraction of sp³-hybridized carbons (Fsp3) is 0. The van der Waals surface area contributed by atoms with Gasteiger partial charge in [0.2, 0.25) is 0 Å². The van der Waals surface area contributed by atoms with E-state index in [0.717, 1.165) is 0 Å². The third-order valence-corrected chi connectivity index (χ3v) is 12.8. The van der Waals surface area contributed by atoms with Gasteiger partial charge in [0.25, 0.3) is 0 Å². The molecule has 0 unspecified atom stereocenters. The number of hydrogen-bond acceptors (Lipinski definition) is 0. The van der Waals surface area contributed by atoms with Crippen LogP contribution in [0.2, 0.25) is 0 Å². The van der Waals surface area contributed by atoms with Gasteiger partial charge in [0.05, 0.1) is 0 Å². The normalized spacial score (nSPS) is 11.5. The molecule has 0 bridgehead atoms. The van der Waals surface area contributed by atoms with Gasteiger partial charge in [-0.05, 0) is 133 Å². The summed E-state index contributed by atoms with van der Waals surface area (Å²) in [7, 11) is 0. The van der Waals surface area contributed by atoms with E-state index in [1.165, 1.54) is 121 Å². The molecular weight excluding hydrogens is 745 g/mol. The zero-order valence-corrected chi connectivity index (χ0v) is 34.1. The summed E-state index contributed by atoms with van der Waals surface area (Å²) in [4.78, 5) is 0. The summed E-state index contributed by atoms with van der Waals surface area (Å²) in [5, 5.41) is 12.4. The van der Waals surface area contributed by atoms with Gasteiger partial charge in [-0.3, -0.25) is 0 Å². The number of fused-ring (bicyclic) bond motifs is 5. The number of rotatable bonds is 6. The minimum atomic E-state index is 1.19. The van der Waals surface area contributed by atoms with Crippen molar-refractivity contribution in [2.45, 2.75) is 0 Å². The summed E-state index contributed by atoms with van der Waals surface area (Å²) < 4.78 is 0. The predicted octanol–water partition coefficient (Wildman–Crippen LogP) is 17.5. The fourth-order valence-electron chi connectivity index (χ4n) is 10.3. The maximum absolute atomic E-state index is 2.45. The van der Waals surface area contributed by atoms with E-state index in [9.17, 15) is 0 Å². The molecule has 0 heterocycles. The Hall–Kier alpha value is -8.06. The van der Waals surface area contributed by atoms with Crippen LogP contribution in [0.4, 0.5) is 0 Å². The topological polar surface area (TPSA) is 0 Å². The molecule has 12 aromatic rings. The van der Waals surface area contributed by atoms with Gasteiger partial charge in [-0.2, -0.15) is 0 Å². The first-order valence-electron chi connectivity index (χ1n) is 21.5. The average Bonchev–Trinajstić information content (AvgIpc) is 3.35. The van der Waals surface area contributed by atoms with Crippen LogP contribution in [0.1, 0.15) is 0 Å². The minimum absolute atomic E-state index is 1.19. The second-order valence-electron chi connectivity index (χ2n) is 16.2. The van der Waals surface area contributed by atoms with E-state index in [4.69, 9.17) is 0 Å². The van der Waals surface area contributed by atoms with Crippen molar-refractivity contribution in [3.05, 3.63) is 243 Å². The lowest BCUT2D eigenvalue weighted by atomic mass is 9.73. The average molecular weight is 785 g/mol. The Kier molecular flexibility index (Phi) is 8.61. The zero-order chi connectivity index (χ0) is 41.0. The van der Waals surface area contributed by atoms with Crippen LogP contribution in [-0.4, -0.2) is 0 Å². The van der Waals surface area contributed by atoms with E-state index in [2.05, 4.69) is 243 Å². The van der Waals surface area contributed by atoms with E-state index in [0.29, 0.717) is 0 Å². The van der Waals surface area contributed by atoms with Crippen LogP contribution in [0.25, 0.3) is 121 Å². The van der Waals surface area contributed by atoms with Crippen molar-refractivity contribution in [2.75, 3.05) is 0 Å². The third kappa shape index (κ3) is 5.69. The van der Waals surface area contributed by atoms with Crippen molar-refractivity contribution in [3.8, 4) is 66.8 Å². The van der Waals surface area contributed by atoms with Crippen LogP contribution in [-0.2, 0) is 0 Å². The van der Waals surface area contributed by atoms with Crippen LogP contribution >= 0.6 is 0 Å². The van der Waals surface area contributed by atoms with Crippen LogP contribution < -0.4 is 0 Å². The van der Waals surface area contributed by atoms with Gasteiger partial charge >= 0.3 is 0 Å². The standard InChI is InChI=1S/C62H40/c1-7-23-41(24-8-1)53-49-37-21-22-38-50(49)54(42-25-9-2-10-26-42)60-58(46-33-17-6-18-34-46)62-56(44-29-13-4-14-30-44)52-40-48-36-20-19-35-47(48)39-51(52)55(43-27-11-3-12-28-43)61(62)57(59(53)60)45-31-15-5-16-32-45/h1-40H. The van der Waals surface area contributed by atoms with Crippen molar-refractivity contribution in [1.82, 2.24) is 0 Å². The lowest BCUT2D eigenvalue weighted by Crippen LogP contribution is -2.01. The van der Waals surface area contributed by atoms with Crippen molar-refractivity contribution in [1.29, 1.82) is 0 Å². The van der Waals surface area contributed by atoms with Crippen LogP contribution in [0.5, 0.6) is 0 Å². The first kappa shape index (κ1) is 35.8. The molecule has 12 rings (SSSR count). The fourth-order valence-corrected chi connectivity index (χ4v) is 10.3. The molecule has 0 aliphatic carbocycles. The van der Waals surface area contributed by atoms with Crippen molar-refractivity contribution < 1.29 is 0 Å². The summed E-state index contributed by atoms with van der Waals surface area (Å²) in [6.07, 6.45) is 0. The molecule has 0 atom stereocenters. The molecule has 0 aromatic heterocycles. The van der Waals surface area contributed by atoms with Gasteiger partial charge in [0, 0.05) is 0 Å². The van der Waals surface area contributed by atoms with Gasteiger partial charge in [-0.25, -0.2) is 0 Å². The molecule has 0 nitrogen and oxygen atoms in total. The van der Waals surface area contributed by atoms with E-state index in [1.54, 1.807) is 0 Å². The van der Waals surface area contributed by atoms with Gasteiger partial charge in [0.1, 0.15) is 0 Å². The molecule has 0 N–H and O–H groups in total. The quantitative estimate of drug-likeness (QED) is 0.147. The van der Waals surface area contributed by atoms with Crippen LogP contribution in [0, 0.1) is 0 Å². The lowest BCUT2D eigenvalue weighted by molar-refractivity contribution is 1.62. The molecule has 0 amide bonds.